The highest BCUT2D eigenvalue weighted by atomic mass is 32.2. The quantitative estimate of drug-likeness (QED) is 0.444. The van der Waals surface area contributed by atoms with E-state index in [-0.39, 0.29) is 6.04 Å². The van der Waals surface area contributed by atoms with Gasteiger partial charge in [0.15, 0.2) is 0 Å². The molecule has 1 saturated carbocycles. The second-order valence-corrected chi connectivity index (χ2v) is 10.2. The van der Waals surface area contributed by atoms with Gasteiger partial charge in [0, 0.05) is 40.7 Å². The first kappa shape index (κ1) is 23.2. The SMILES string of the molecule is FC(F)(F)c1ccc(N[C@H]2CC[C@H](Sc3ccccc3-c3nccc4c3CNCC4)CC2)nc1. The summed E-state index contributed by atoms with van der Waals surface area (Å²) < 4.78 is 38.3. The minimum absolute atomic E-state index is 0.227. The molecule has 8 heteroatoms. The van der Waals surface area contributed by atoms with Crippen LogP contribution in [0.2, 0.25) is 0 Å². The van der Waals surface area contributed by atoms with Gasteiger partial charge < -0.3 is 10.6 Å². The molecule has 1 aliphatic carbocycles. The van der Waals surface area contributed by atoms with Crippen molar-refractivity contribution in [3.05, 3.63) is 71.5 Å². The van der Waals surface area contributed by atoms with E-state index in [1.54, 1.807) is 0 Å². The zero-order chi connectivity index (χ0) is 23.5. The van der Waals surface area contributed by atoms with Crippen LogP contribution in [0.1, 0.15) is 42.4 Å². The van der Waals surface area contributed by atoms with Gasteiger partial charge in [-0.15, -0.1) is 11.8 Å². The lowest BCUT2D eigenvalue weighted by atomic mass is 9.95. The molecule has 0 saturated heterocycles. The Kier molecular flexibility index (Phi) is 6.79. The molecule has 2 aliphatic rings. The summed E-state index contributed by atoms with van der Waals surface area (Å²) in [6.45, 7) is 1.86. The monoisotopic (exact) mass is 484 g/mol. The zero-order valence-corrected chi connectivity index (χ0v) is 19.6. The van der Waals surface area contributed by atoms with Crippen molar-refractivity contribution in [3.63, 3.8) is 0 Å². The molecule has 3 aromatic rings. The molecule has 3 heterocycles. The molecule has 178 valence electrons. The maximum atomic E-state index is 12.8. The molecule has 1 aliphatic heterocycles. The van der Waals surface area contributed by atoms with Crippen molar-refractivity contribution in [3.8, 4) is 11.3 Å². The van der Waals surface area contributed by atoms with Gasteiger partial charge in [0.05, 0.1) is 11.3 Å². The Hall–Kier alpha value is -2.58. The van der Waals surface area contributed by atoms with Crippen molar-refractivity contribution in [1.82, 2.24) is 15.3 Å². The summed E-state index contributed by atoms with van der Waals surface area (Å²) in [6.07, 6.45) is 3.50. The Morgan fingerprint density at radius 3 is 2.56 bits per heavy atom. The molecule has 1 aromatic carbocycles. The van der Waals surface area contributed by atoms with Gasteiger partial charge in [-0.1, -0.05) is 18.2 Å². The summed E-state index contributed by atoms with van der Waals surface area (Å²) in [7, 11) is 0. The summed E-state index contributed by atoms with van der Waals surface area (Å²) in [5, 5.41) is 7.28. The lowest BCUT2D eigenvalue weighted by molar-refractivity contribution is -0.137. The van der Waals surface area contributed by atoms with Gasteiger partial charge in [-0.25, -0.2) is 4.98 Å². The Morgan fingerprint density at radius 2 is 1.79 bits per heavy atom. The van der Waals surface area contributed by atoms with Gasteiger partial charge in [-0.2, -0.15) is 13.2 Å². The molecule has 2 N–H and O–H groups in total. The normalized spacial score (nSPS) is 20.6. The second-order valence-electron chi connectivity index (χ2n) is 8.89. The molecule has 2 aromatic heterocycles. The number of anilines is 1. The molecule has 0 bridgehead atoms. The van der Waals surface area contributed by atoms with E-state index in [0.29, 0.717) is 11.1 Å². The third-order valence-corrected chi connectivity index (χ3v) is 7.99. The van der Waals surface area contributed by atoms with E-state index in [9.17, 15) is 13.2 Å². The van der Waals surface area contributed by atoms with Crippen molar-refractivity contribution in [2.75, 3.05) is 11.9 Å². The first-order chi connectivity index (χ1) is 16.5. The molecule has 4 nitrogen and oxygen atoms in total. The van der Waals surface area contributed by atoms with Crippen LogP contribution >= 0.6 is 11.8 Å². The molecular weight excluding hydrogens is 457 g/mol. The first-order valence-corrected chi connectivity index (χ1v) is 12.6. The van der Waals surface area contributed by atoms with E-state index in [2.05, 4.69) is 45.9 Å². The number of thioether (sulfide) groups is 1. The van der Waals surface area contributed by atoms with Gasteiger partial charge in [0.1, 0.15) is 5.82 Å². The van der Waals surface area contributed by atoms with Crippen LogP contribution in [0, 0.1) is 0 Å². The van der Waals surface area contributed by atoms with E-state index in [1.165, 1.54) is 27.7 Å². The van der Waals surface area contributed by atoms with Crippen molar-refractivity contribution in [1.29, 1.82) is 0 Å². The van der Waals surface area contributed by atoms with Crippen LogP contribution in [0.4, 0.5) is 19.0 Å². The summed E-state index contributed by atoms with van der Waals surface area (Å²) in [5.41, 5.74) is 4.24. The van der Waals surface area contributed by atoms with Crippen LogP contribution < -0.4 is 10.6 Å². The third-order valence-electron chi connectivity index (χ3n) is 6.58. The van der Waals surface area contributed by atoms with Crippen LogP contribution in [0.15, 0.2) is 59.8 Å². The van der Waals surface area contributed by atoms with Crippen LogP contribution in [-0.2, 0) is 19.1 Å². The fourth-order valence-corrected chi connectivity index (χ4v) is 6.07. The third kappa shape index (κ3) is 5.23. The number of alkyl halides is 3. The first-order valence-electron chi connectivity index (χ1n) is 11.7. The van der Waals surface area contributed by atoms with Gasteiger partial charge in [-0.05, 0) is 74.0 Å². The smallest absolute Gasteiger partial charge is 0.367 e. The van der Waals surface area contributed by atoms with Crippen LogP contribution in [0.3, 0.4) is 0 Å². The highest BCUT2D eigenvalue weighted by molar-refractivity contribution is 8.00. The van der Waals surface area contributed by atoms with Crippen molar-refractivity contribution in [2.24, 2.45) is 0 Å². The number of halogens is 3. The largest absolute Gasteiger partial charge is 0.417 e. The second kappa shape index (κ2) is 9.96. The molecule has 1 fully saturated rings. The van der Waals surface area contributed by atoms with E-state index < -0.39 is 11.7 Å². The van der Waals surface area contributed by atoms with Gasteiger partial charge in [0.25, 0.3) is 0 Å². The minimum atomic E-state index is -4.36. The maximum absolute atomic E-state index is 12.8. The van der Waals surface area contributed by atoms with E-state index in [0.717, 1.165) is 63.2 Å². The number of rotatable bonds is 5. The van der Waals surface area contributed by atoms with Crippen molar-refractivity contribution >= 4 is 17.6 Å². The Bertz CT molecular complexity index is 1130. The molecule has 0 amide bonds. The minimum Gasteiger partial charge on any atom is -0.367 e. The summed E-state index contributed by atoms with van der Waals surface area (Å²) in [4.78, 5) is 9.97. The number of hydrogen-bond donors (Lipinski definition) is 2. The van der Waals surface area contributed by atoms with E-state index in [4.69, 9.17) is 4.98 Å². The lowest BCUT2D eigenvalue weighted by Crippen LogP contribution is -2.27. The highest BCUT2D eigenvalue weighted by Gasteiger charge is 2.31. The maximum Gasteiger partial charge on any atom is 0.417 e. The number of benzene rings is 1. The van der Waals surface area contributed by atoms with Crippen LogP contribution in [0.5, 0.6) is 0 Å². The molecule has 5 rings (SSSR count). The standard InChI is InChI=1S/C26H27F3N4S/c27-26(28,29)18-5-10-24(32-15-18)33-19-6-8-20(9-7-19)34-23-4-2-1-3-21(23)25-22-16-30-13-11-17(22)12-14-31-25/h1-5,10,12,14-15,19-20,30H,6-9,11,13,16H2,(H,32,33)/t19-,20-. The molecular formula is C26H27F3N4S. The predicted molar refractivity (Wildman–Crippen MR) is 130 cm³/mol. The average molecular weight is 485 g/mol. The highest BCUT2D eigenvalue weighted by Crippen LogP contribution is 2.40. The van der Waals surface area contributed by atoms with Gasteiger partial charge >= 0.3 is 6.18 Å². The summed E-state index contributed by atoms with van der Waals surface area (Å²) >= 11 is 1.92. The number of hydrogen-bond acceptors (Lipinski definition) is 5. The van der Waals surface area contributed by atoms with Crippen LogP contribution in [-0.4, -0.2) is 27.8 Å². The fourth-order valence-electron chi connectivity index (χ4n) is 4.76. The number of aromatic nitrogens is 2. The fraction of sp³-hybridized carbons (Fsp3) is 0.385. The lowest BCUT2D eigenvalue weighted by Gasteiger charge is -2.29. The van der Waals surface area contributed by atoms with Gasteiger partial charge in [-0.3, -0.25) is 4.98 Å². The number of pyridine rings is 2. The Morgan fingerprint density at radius 1 is 0.971 bits per heavy atom. The molecule has 0 unspecified atom stereocenters. The summed E-state index contributed by atoms with van der Waals surface area (Å²) in [5.74, 6) is 0.503. The Balaban J connectivity index is 1.22. The van der Waals surface area contributed by atoms with E-state index in [1.807, 2.05) is 18.0 Å². The number of nitrogens with zero attached hydrogens (tertiary/aromatic N) is 2. The number of nitrogens with one attached hydrogen (secondary N) is 2. The van der Waals surface area contributed by atoms with Crippen molar-refractivity contribution < 1.29 is 13.2 Å². The molecule has 0 atom stereocenters. The topological polar surface area (TPSA) is 49.8 Å². The van der Waals surface area contributed by atoms with E-state index >= 15 is 0 Å². The molecule has 34 heavy (non-hydrogen) atoms. The molecule has 0 spiro atoms. The molecule has 0 radical (unpaired) electrons. The number of fused-ring (bicyclic) bond motifs is 1. The zero-order valence-electron chi connectivity index (χ0n) is 18.7. The van der Waals surface area contributed by atoms with Crippen molar-refractivity contribution in [2.45, 2.75) is 61.0 Å². The van der Waals surface area contributed by atoms with Gasteiger partial charge in [0.2, 0.25) is 0 Å². The summed E-state index contributed by atoms with van der Waals surface area (Å²) in [6, 6.07) is 13.4. The Labute approximate surface area is 201 Å². The van der Waals surface area contributed by atoms with Crippen LogP contribution in [0.25, 0.3) is 11.3 Å². The predicted octanol–water partition coefficient (Wildman–Crippen LogP) is 6.32. The average Bonchev–Trinajstić information content (AvgIpc) is 2.85.